The van der Waals surface area contributed by atoms with Crippen LogP contribution >= 0.6 is 11.8 Å². The number of thioether (sulfide) groups is 1. The molecule has 0 bridgehead atoms. The molecule has 2 nitrogen and oxygen atoms in total. The van der Waals surface area contributed by atoms with Gasteiger partial charge in [0.2, 0.25) is 0 Å². The molecule has 0 heterocycles. The van der Waals surface area contributed by atoms with Crippen LogP contribution in [-0.4, -0.2) is 16.7 Å². The number of carbonyl (C=O) groups is 2. The maximum Gasteiger partial charge on any atom is 0.192 e. The van der Waals surface area contributed by atoms with Crippen molar-refractivity contribution in [3.8, 4) is 0 Å². The smallest absolute Gasteiger partial charge is 0.192 e. The first-order valence-electron chi connectivity index (χ1n) is 6.25. The minimum atomic E-state index is -0.134. The lowest BCUT2D eigenvalue weighted by atomic mass is 9.86. The Hall–Kier alpha value is -1.09. The van der Waals surface area contributed by atoms with Gasteiger partial charge in [-0.15, -0.1) is 0 Å². The highest BCUT2D eigenvalue weighted by atomic mass is 32.2. The van der Waals surface area contributed by atoms with Crippen LogP contribution in [0.15, 0.2) is 30.3 Å². The lowest BCUT2D eigenvalue weighted by molar-refractivity contribution is -0.115. The van der Waals surface area contributed by atoms with Crippen LogP contribution in [0.4, 0.5) is 0 Å². The third-order valence-corrected chi connectivity index (χ3v) is 3.98. The van der Waals surface area contributed by atoms with E-state index in [0.717, 1.165) is 11.8 Å². The first-order valence-corrected chi connectivity index (χ1v) is 7.13. The molecule has 0 amide bonds. The van der Waals surface area contributed by atoms with E-state index in [2.05, 4.69) is 0 Å². The van der Waals surface area contributed by atoms with E-state index in [1.165, 1.54) is 11.8 Å². The Kier molecular flexibility index (Phi) is 6.13. The highest BCUT2D eigenvalue weighted by molar-refractivity contribution is 8.14. The fourth-order valence-corrected chi connectivity index (χ4v) is 2.78. The number of hydrogen-bond donors (Lipinski definition) is 0. The molecule has 0 aliphatic rings. The Morgan fingerprint density at radius 3 is 2.33 bits per heavy atom. The molecule has 0 aliphatic carbocycles. The van der Waals surface area contributed by atoms with Gasteiger partial charge in [0.15, 0.2) is 5.12 Å². The zero-order valence-corrected chi connectivity index (χ0v) is 11.9. The van der Waals surface area contributed by atoms with E-state index in [1.54, 1.807) is 0 Å². The highest BCUT2D eigenvalue weighted by Crippen LogP contribution is 2.31. The Morgan fingerprint density at radius 1 is 1.22 bits per heavy atom. The van der Waals surface area contributed by atoms with Crippen molar-refractivity contribution in [2.24, 2.45) is 5.92 Å². The lowest BCUT2D eigenvalue weighted by Gasteiger charge is -2.21. The van der Waals surface area contributed by atoms with Crippen LogP contribution in [0, 0.1) is 5.92 Å². The molecule has 2 atom stereocenters. The van der Waals surface area contributed by atoms with Crippen molar-refractivity contribution in [2.75, 3.05) is 0 Å². The first kappa shape index (κ1) is 15.0. The molecule has 0 aliphatic heterocycles. The van der Waals surface area contributed by atoms with Crippen molar-refractivity contribution in [2.45, 2.75) is 38.4 Å². The minimum absolute atomic E-state index is 0.0116. The summed E-state index contributed by atoms with van der Waals surface area (Å²) in [6.45, 7) is 5.93. The first-order chi connectivity index (χ1) is 8.56. The number of benzene rings is 1. The molecule has 0 saturated carbocycles. The number of carbonyl (C=O) groups excluding carboxylic acids is 2. The van der Waals surface area contributed by atoms with Crippen molar-refractivity contribution in [3.63, 3.8) is 0 Å². The Bertz CT molecular complexity index is 387. The predicted molar refractivity (Wildman–Crippen MR) is 76.8 cm³/mol. The predicted octanol–water partition coefficient (Wildman–Crippen LogP) is 3.66. The summed E-state index contributed by atoms with van der Waals surface area (Å²) in [6, 6.07) is 9.80. The second kappa shape index (κ2) is 7.37. The van der Waals surface area contributed by atoms with E-state index in [9.17, 15) is 9.59 Å². The Morgan fingerprint density at radius 2 is 1.83 bits per heavy atom. The lowest BCUT2D eigenvalue weighted by Crippen LogP contribution is -2.19. The number of rotatable bonds is 6. The highest BCUT2D eigenvalue weighted by Gasteiger charge is 2.25. The molecule has 0 aromatic heterocycles. The van der Waals surface area contributed by atoms with Crippen molar-refractivity contribution in [1.82, 2.24) is 0 Å². The maximum atomic E-state index is 12.1. The summed E-state index contributed by atoms with van der Waals surface area (Å²) in [6.07, 6.45) is 1.30. The fraction of sp³-hybridized carbons (Fsp3) is 0.467. The van der Waals surface area contributed by atoms with Crippen molar-refractivity contribution < 1.29 is 9.59 Å². The van der Waals surface area contributed by atoms with Crippen LogP contribution < -0.4 is 0 Å². The minimum Gasteiger partial charge on any atom is -0.303 e. The van der Waals surface area contributed by atoms with Gasteiger partial charge in [-0.2, -0.15) is 0 Å². The van der Waals surface area contributed by atoms with Gasteiger partial charge in [0.1, 0.15) is 6.29 Å². The van der Waals surface area contributed by atoms with Crippen LogP contribution in [-0.2, 0) is 9.59 Å². The third kappa shape index (κ3) is 4.30. The summed E-state index contributed by atoms with van der Waals surface area (Å²) >= 11 is 1.36. The molecule has 1 aromatic rings. The zero-order valence-electron chi connectivity index (χ0n) is 11.1. The molecule has 0 saturated heterocycles. The summed E-state index contributed by atoms with van der Waals surface area (Å²) in [7, 11) is 0. The Labute approximate surface area is 113 Å². The summed E-state index contributed by atoms with van der Waals surface area (Å²) in [5.74, 6) is -0.146. The average Bonchev–Trinajstić information content (AvgIpc) is 2.35. The second-order valence-corrected chi connectivity index (χ2v) is 6.27. The quantitative estimate of drug-likeness (QED) is 0.735. The van der Waals surface area contributed by atoms with Crippen LogP contribution in [0.5, 0.6) is 0 Å². The van der Waals surface area contributed by atoms with Crippen LogP contribution in [0.1, 0.15) is 38.7 Å². The monoisotopic (exact) mass is 264 g/mol. The van der Waals surface area contributed by atoms with Gasteiger partial charge in [-0.05, 0) is 5.56 Å². The molecule has 0 radical (unpaired) electrons. The number of aldehydes is 1. The summed E-state index contributed by atoms with van der Waals surface area (Å²) < 4.78 is 0. The fourth-order valence-electron chi connectivity index (χ4n) is 1.94. The van der Waals surface area contributed by atoms with Gasteiger partial charge in [-0.25, -0.2) is 0 Å². The number of hydrogen-bond acceptors (Lipinski definition) is 3. The molecule has 98 valence electrons. The standard InChI is InChI=1S/C15H20O2S/c1-11(2)18-15(17)12(3)14(9-10-16)13-7-5-4-6-8-13/h4-8,10-12,14H,9H2,1-3H3/t12-,14+/m1/s1. The van der Waals surface area contributed by atoms with Crippen molar-refractivity contribution in [3.05, 3.63) is 35.9 Å². The van der Waals surface area contributed by atoms with Gasteiger partial charge in [-0.3, -0.25) is 4.79 Å². The second-order valence-electron chi connectivity index (χ2n) is 4.69. The molecule has 1 aromatic carbocycles. The normalized spacial score (nSPS) is 14.2. The van der Waals surface area contributed by atoms with Crippen LogP contribution in [0.2, 0.25) is 0 Å². The molecule has 0 unspecified atom stereocenters. The van der Waals surface area contributed by atoms with E-state index < -0.39 is 0 Å². The SMILES string of the molecule is CC(C)SC(=O)[C@H](C)[C@H](CC=O)c1ccccc1. The van der Waals surface area contributed by atoms with E-state index in [0.29, 0.717) is 6.42 Å². The van der Waals surface area contributed by atoms with Gasteiger partial charge in [0.25, 0.3) is 0 Å². The van der Waals surface area contributed by atoms with E-state index >= 15 is 0 Å². The summed E-state index contributed by atoms with van der Waals surface area (Å²) in [4.78, 5) is 22.9. The molecular weight excluding hydrogens is 244 g/mol. The van der Waals surface area contributed by atoms with Gasteiger partial charge >= 0.3 is 0 Å². The Balaban J connectivity index is 2.85. The van der Waals surface area contributed by atoms with Gasteiger partial charge in [0, 0.05) is 23.5 Å². The van der Waals surface area contributed by atoms with Gasteiger partial charge < -0.3 is 4.79 Å². The summed E-state index contributed by atoms with van der Waals surface area (Å²) in [5.41, 5.74) is 1.06. The third-order valence-electron chi connectivity index (χ3n) is 2.91. The zero-order chi connectivity index (χ0) is 13.5. The van der Waals surface area contributed by atoms with Gasteiger partial charge in [0.05, 0.1) is 0 Å². The van der Waals surface area contributed by atoms with E-state index in [-0.39, 0.29) is 22.2 Å². The molecule has 18 heavy (non-hydrogen) atoms. The molecular formula is C15H20O2S. The molecule has 0 spiro atoms. The summed E-state index contributed by atoms with van der Waals surface area (Å²) in [5, 5.41) is 0.452. The average molecular weight is 264 g/mol. The van der Waals surface area contributed by atoms with E-state index in [1.807, 2.05) is 51.1 Å². The molecule has 0 N–H and O–H groups in total. The van der Waals surface area contributed by atoms with Crippen molar-refractivity contribution in [1.29, 1.82) is 0 Å². The van der Waals surface area contributed by atoms with E-state index in [4.69, 9.17) is 0 Å². The van der Waals surface area contributed by atoms with Gasteiger partial charge in [-0.1, -0.05) is 62.9 Å². The largest absolute Gasteiger partial charge is 0.303 e. The van der Waals surface area contributed by atoms with Crippen LogP contribution in [0.25, 0.3) is 0 Å². The van der Waals surface area contributed by atoms with Crippen molar-refractivity contribution >= 4 is 23.2 Å². The molecule has 3 heteroatoms. The van der Waals surface area contributed by atoms with Crippen LogP contribution in [0.3, 0.4) is 0 Å². The molecule has 1 rings (SSSR count). The molecule has 0 fully saturated rings. The topological polar surface area (TPSA) is 34.1 Å². The maximum absolute atomic E-state index is 12.1.